The first-order valence-corrected chi connectivity index (χ1v) is 16.1. The third-order valence-corrected chi connectivity index (χ3v) is 9.09. The van der Waals surface area contributed by atoms with Crippen LogP contribution in [0.2, 0.25) is 0 Å². The van der Waals surface area contributed by atoms with Crippen LogP contribution in [0.4, 0.5) is 0 Å². The molecule has 0 aliphatic heterocycles. The number of nitrogens with zero attached hydrogens (tertiary/aromatic N) is 4. The van der Waals surface area contributed by atoms with E-state index in [1.807, 2.05) is 75.9 Å². The Balaban J connectivity index is 0.000000131. The number of benzene rings is 6. The molecule has 2 aliphatic rings. The Bertz CT molecular complexity index is 2510. The van der Waals surface area contributed by atoms with Crippen LogP contribution >= 0.6 is 0 Å². The van der Waals surface area contributed by atoms with E-state index in [2.05, 4.69) is 101 Å². The van der Waals surface area contributed by atoms with Gasteiger partial charge in [-0.15, -0.1) is 59.7 Å². The van der Waals surface area contributed by atoms with Crippen molar-refractivity contribution in [2.24, 2.45) is 0 Å². The van der Waals surface area contributed by atoms with E-state index >= 15 is 0 Å². The van der Waals surface area contributed by atoms with E-state index in [1.165, 1.54) is 44.5 Å². The molecular weight excluding hydrogens is 990 g/mol. The van der Waals surface area contributed by atoms with Gasteiger partial charge in [-0.3, -0.25) is 11.8 Å². The smallest absolute Gasteiger partial charge is 0.0563 e. The second-order valence-corrected chi connectivity index (χ2v) is 12.1. The van der Waals surface area contributed by atoms with E-state index in [9.17, 15) is 0 Å². The quantitative estimate of drug-likeness (QED) is 0.0987. The molecule has 6 heteroatoms. The van der Waals surface area contributed by atoms with Gasteiger partial charge in [0.2, 0.25) is 0 Å². The summed E-state index contributed by atoms with van der Waals surface area (Å²) in [5, 5.41) is 0. The summed E-state index contributed by atoms with van der Waals surface area (Å²) in [7, 11) is 0. The van der Waals surface area contributed by atoms with Crippen LogP contribution < -0.4 is 0 Å². The molecule has 0 unspecified atom stereocenters. The Morgan fingerprint density at radius 2 is 0.941 bits per heavy atom. The van der Waals surface area contributed by atoms with Crippen LogP contribution in [-0.2, 0) is 64.3 Å². The van der Waals surface area contributed by atoms with Crippen LogP contribution in [0.25, 0.3) is 44.3 Å². The van der Waals surface area contributed by atoms with Crippen LogP contribution in [0.1, 0.15) is 33.4 Å². The summed E-state index contributed by atoms with van der Waals surface area (Å²) in [5.74, 6) is 4.87. The molecule has 4 nitrogen and oxygen atoms in total. The third kappa shape index (κ3) is 7.22. The minimum atomic E-state index is 0. The molecule has 2 heterocycles. The maximum absolute atomic E-state index is 7.14. The maximum atomic E-state index is 7.14. The number of para-hydroxylation sites is 4. The fourth-order valence-electron chi connectivity index (χ4n) is 6.69. The molecule has 0 saturated carbocycles. The van der Waals surface area contributed by atoms with Crippen molar-refractivity contribution in [3.8, 4) is 34.1 Å². The summed E-state index contributed by atoms with van der Waals surface area (Å²) in [6, 6.07) is 45.2. The molecule has 0 atom stereocenters. The van der Waals surface area contributed by atoms with E-state index in [4.69, 9.17) is 12.8 Å². The molecule has 6 aromatic carbocycles. The SMILES string of the molecule is [Au].[Au].[C-]#Cc1ccc2c(c1)-c1ccccc1C2.[C-]#Cc1ccc2c(c1)Cc1ccccc1-2.[c-]1nc2ccccc2n1Cn1[c-]nc2ccccc21. The van der Waals surface area contributed by atoms with Gasteiger partial charge in [-0.2, -0.15) is 0 Å². The molecule has 0 fully saturated rings. The number of imidazole rings is 2. The molecule has 0 spiro atoms. The van der Waals surface area contributed by atoms with Crippen molar-refractivity contribution in [2.45, 2.75) is 19.5 Å². The van der Waals surface area contributed by atoms with E-state index in [1.54, 1.807) is 0 Å². The van der Waals surface area contributed by atoms with Crippen molar-refractivity contribution in [1.29, 1.82) is 0 Å². The van der Waals surface area contributed by atoms with Crippen molar-refractivity contribution in [2.75, 3.05) is 0 Å². The molecule has 2 aliphatic carbocycles. The van der Waals surface area contributed by atoms with Crippen molar-refractivity contribution in [3.63, 3.8) is 0 Å². The van der Waals surface area contributed by atoms with Gasteiger partial charge in [0.1, 0.15) is 0 Å². The summed E-state index contributed by atoms with van der Waals surface area (Å²) in [6.45, 7) is 0.612. The molecule has 0 bridgehead atoms. The van der Waals surface area contributed by atoms with Gasteiger partial charge in [0.25, 0.3) is 0 Å². The standard InChI is InChI=1S/C15H10N4.2C15H9.2Au/c1-3-7-14-12(5-1)16-9-18(14)11-19-10-17-13-6-2-4-8-15(13)19;1-2-11-7-8-15-13(9-11)10-12-5-3-4-6-14(12)15;1-2-11-7-8-13-10-12-5-3-4-6-14(12)15(13)9-11;;/h1-8H,11H2;2*3-9H,10H2;;/q-2;2*-1;;. The average Bonchev–Trinajstić information content (AvgIpc) is 3.95. The summed E-state index contributed by atoms with van der Waals surface area (Å²) in [6.07, 6.45) is 22.3. The van der Waals surface area contributed by atoms with Crippen molar-refractivity contribution in [3.05, 3.63) is 192 Å². The van der Waals surface area contributed by atoms with Crippen molar-refractivity contribution >= 4 is 22.1 Å². The topological polar surface area (TPSA) is 35.6 Å². The molecule has 2 aromatic heterocycles. The molecule has 0 amide bonds. The number of rotatable bonds is 2. The zero-order valence-electron chi connectivity index (χ0n) is 27.2. The number of hydrogen-bond donors (Lipinski definition) is 0. The third-order valence-electron chi connectivity index (χ3n) is 9.09. The Hall–Kier alpha value is -5.14. The van der Waals surface area contributed by atoms with Gasteiger partial charge in [0.05, 0.1) is 6.67 Å². The molecule has 2 radical (unpaired) electrons. The van der Waals surface area contributed by atoms with Gasteiger partial charge in [-0.05, 0) is 51.8 Å². The van der Waals surface area contributed by atoms with Crippen molar-refractivity contribution < 1.29 is 44.8 Å². The Morgan fingerprint density at radius 1 is 0.490 bits per heavy atom. The summed E-state index contributed by atoms with van der Waals surface area (Å²) in [5.41, 5.74) is 16.4. The monoisotopic (exact) mass is 1020 g/mol. The molecule has 10 rings (SSSR count). The fraction of sp³-hybridized carbons (Fsp3) is 0.0667. The van der Waals surface area contributed by atoms with Gasteiger partial charge >= 0.3 is 0 Å². The Labute approximate surface area is 329 Å². The largest absolute Gasteiger partial charge is 0.432 e. The van der Waals surface area contributed by atoms with Crippen LogP contribution in [0.15, 0.2) is 133 Å². The van der Waals surface area contributed by atoms with E-state index in [0.29, 0.717) is 6.67 Å². The van der Waals surface area contributed by atoms with Gasteiger partial charge in [-0.25, -0.2) is 0 Å². The van der Waals surface area contributed by atoms with Crippen molar-refractivity contribution in [1.82, 2.24) is 19.1 Å². The van der Waals surface area contributed by atoms with Crippen LogP contribution in [0, 0.1) is 37.3 Å². The van der Waals surface area contributed by atoms with Crippen LogP contribution in [0.5, 0.6) is 0 Å². The van der Waals surface area contributed by atoms with Crippen LogP contribution in [-0.4, -0.2) is 19.1 Å². The predicted molar refractivity (Wildman–Crippen MR) is 194 cm³/mol. The molecule has 0 N–H and O–H groups in total. The fourth-order valence-corrected chi connectivity index (χ4v) is 6.69. The molecule has 254 valence electrons. The summed E-state index contributed by atoms with van der Waals surface area (Å²) < 4.78 is 3.94. The van der Waals surface area contributed by atoms with Gasteiger partial charge in [-0.1, -0.05) is 113 Å². The zero-order chi connectivity index (χ0) is 33.2. The molecule has 51 heavy (non-hydrogen) atoms. The minimum Gasteiger partial charge on any atom is -0.432 e. The normalized spacial score (nSPS) is 11.1. The maximum Gasteiger partial charge on any atom is 0.0563 e. The minimum absolute atomic E-state index is 0. The predicted octanol–water partition coefficient (Wildman–Crippen LogP) is 8.88. The van der Waals surface area contributed by atoms with E-state index < -0.39 is 0 Å². The number of aromatic nitrogens is 4. The Kier molecular flexibility index (Phi) is 11.1. The molecular formula is C45H28Au2N4-4. The zero-order valence-corrected chi connectivity index (χ0v) is 31.5. The van der Waals surface area contributed by atoms with Gasteiger partial charge < -0.3 is 31.9 Å². The summed E-state index contributed by atoms with van der Waals surface area (Å²) in [4.78, 5) is 8.54. The first-order chi connectivity index (χ1) is 24.2. The van der Waals surface area contributed by atoms with E-state index in [0.717, 1.165) is 46.0 Å². The number of hydrogen-bond acceptors (Lipinski definition) is 2. The first kappa shape index (κ1) is 35.7. The first-order valence-electron chi connectivity index (χ1n) is 16.1. The molecule has 0 saturated heterocycles. The van der Waals surface area contributed by atoms with Crippen LogP contribution in [0.3, 0.4) is 0 Å². The second kappa shape index (κ2) is 15.8. The van der Waals surface area contributed by atoms with E-state index in [-0.39, 0.29) is 44.8 Å². The Morgan fingerprint density at radius 3 is 1.55 bits per heavy atom. The van der Waals surface area contributed by atoms with Gasteiger partial charge in [0, 0.05) is 57.4 Å². The second-order valence-electron chi connectivity index (χ2n) is 12.1. The number of fused-ring (bicyclic) bond motifs is 8. The van der Waals surface area contributed by atoms with Gasteiger partial charge in [0.15, 0.2) is 0 Å². The summed E-state index contributed by atoms with van der Waals surface area (Å²) >= 11 is 0. The average molecular weight is 1020 g/mol. The molecule has 8 aromatic rings.